The molecule has 0 aliphatic rings. The molecule has 0 saturated heterocycles. The number of benzene rings is 1. The molecule has 2 aromatic rings. The van der Waals surface area contributed by atoms with Gasteiger partial charge in [-0.2, -0.15) is 5.10 Å². The van der Waals surface area contributed by atoms with Crippen molar-refractivity contribution in [3.05, 3.63) is 50.8 Å². The first-order valence-corrected chi connectivity index (χ1v) is 6.94. The molecule has 5 nitrogen and oxygen atoms in total. The number of hydrogen-bond donors (Lipinski definition) is 0. The van der Waals surface area contributed by atoms with Crippen molar-refractivity contribution in [2.24, 2.45) is 0 Å². The number of nitro groups is 1. The summed E-state index contributed by atoms with van der Waals surface area (Å²) < 4.78 is 1.84. The van der Waals surface area contributed by atoms with Crippen LogP contribution in [0.15, 0.2) is 18.2 Å². The van der Waals surface area contributed by atoms with E-state index in [0.717, 1.165) is 28.2 Å². The Bertz CT molecular complexity index is 650. The second kappa shape index (κ2) is 5.13. The average molecular weight is 324 g/mol. The lowest BCUT2D eigenvalue weighted by atomic mass is 10.1. The Labute approximate surface area is 119 Å². The van der Waals surface area contributed by atoms with E-state index in [1.165, 1.54) is 6.07 Å². The summed E-state index contributed by atoms with van der Waals surface area (Å²) in [5.74, 6) is 0. The second-order valence-electron chi connectivity index (χ2n) is 4.41. The lowest BCUT2D eigenvalue weighted by Gasteiger charge is -2.09. The van der Waals surface area contributed by atoms with Crippen LogP contribution in [-0.4, -0.2) is 14.7 Å². The first-order chi connectivity index (χ1) is 8.95. The van der Waals surface area contributed by atoms with Crippen LogP contribution < -0.4 is 0 Å². The summed E-state index contributed by atoms with van der Waals surface area (Å²) in [6, 6.07) is 4.83. The van der Waals surface area contributed by atoms with E-state index >= 15 is 0 Å². The Morgan fingerprint density at radius 2 is 2.05 bits per heavy atom. The van der Waals surface area contributed by atoms with Crippen LogP contribution in [0.25, 0.3) is 5.69 Å². The highest BCUT2D eigenvalue weighted by Crippen LogP contribution is 2.25. The van der Waals surface area contributed by atoms with E-state index in [0.29, 0.717) is 5.33 Å². The molecule has 1 aromatic heterocycles. The number of rotatable bonds is 3. The summed E-state index contributed by atoms with van der Waals surface area (Å²) in [4.78, 5) is 10.4. The predicted octanol–water partition coefficient (Wildman–Crippen LogP) is 3.60. The molecule has 6 heteroatoms. The van der Waals surface area contributed by atoms with Crippen LogP contribution in [0.3, 0.4) is 0 Å². The third-order valence-corrected chi connectivity index (χ3v) is 3.90. The lowest BCUT2D eigenvalue weighted by Crippen LogP contribution is -2.03. The van der Waals surface area contributed by atoms with Gasteiger partial charge in [0, 0.05) is 23.2 Å². The Morgan fingerprint density at radius 3 is 2.53 bits per heavy atom. The van der Waals surface area contributed by atoms with Crippen molar-refractivity contribution in [3.8, 4) is 5.69 Å². The zero-order valence-electron chi connectivity index (χ0n) is 11.0. The Morgan fingerprint density at radius 1 is 1.37 bits per heavy atom. The first-order valence-electron chi connectivity index (χ1n) is 5.82. The molecule has 0 atom stereocenters. The third kappa shape index (κ3) is 2.40. The van der Waals surface area contributed by atoms with Gasteiger partial charge in [-0.1, -0.05) is 15.9 Å². The fourth-order valence-corrected chi connectivity index (χ4v) is 2.40. The summed E-state index contributed by atoms with van der Waals surface area (Å²) in [7, 11) is 0. The van der Waals surface area contributed by atoms with Gasteiger partial charge in [0.25, 0.3) is 5.69 Å². The van der Waals surface area contributed by atoms with E-state index in [1.807, 2.05) is 25.5 Å². The van der Waals surface area contributed by atoms with Crippen molar-refractivity contribution in [1.29, 1.82) is 0 Å². The maximum atomic E-state index is 10.8. The molecule has 0 fully saturated rings. The Hall–Kier alpha value is -1.69. The fourth-order valence-electron chi connectivity index (χ4n) is 1.95. The van der Waals surface area contributed by atoms with Crippen LogP contribution in [0.1, 0.15) is 22.5 Å². The second-order valence-corrected chi connectivity index (χ2v) is 4.97. The summed E-state index contributed by atoms with van der Waals surface area (Å²) in [5.41, 5.74) is 4.97. The van der Waals surface area contributed by atoms with Crippen LogP contribution in [0.5, 0.6) is 0 Å². The van der Waals surface area contributed by atoms with Gasteiger partial charge in [-0.05, 0) is 38.0 Å². The van der Waals surface area contributed by atoms with Crippen LogP contribution in [0.2, 0.25) is 0 Å². The summed E-state index contributed by atoms with van der Waals surface area (Å²) in [5, 5.41) is 15.8. The van der Waals surface area contributed by atoms with Gasteiger partial charge in [-0.25, -0.2) is 4.68 Å². The van der Waals surface area contributed by atoms with Gasteiger partial charge >= 0.3 is 0 Å². The molecule has 100 valence electrons. The molecule has 0 aliphatic carbocycles. The number of aryl methyl sites for hydroxylation is 1. The predicted molar refractivity (Wildman–Crippen MR) is 77.1 cm³/mol. The molecule has 0 radical (unpaired) electrons. The molecule has 19 heavy (non-hydrogen) atoms. The van der Waals surface area contributed by atoms with Crippen molar-refractivity contribution in [2.75, 3.05) is 0 Å². The zero-order valence-corrected chi connectivity index (χ0v) is 12.6. The molecule has 2 rings (SSSR count). The highest BCUT2D eigenvalue weighted by molar-refractivity contribution is 9.08. The van der Waals surface area contributed by atoms with Gasteiger partial charge in [-0.3, -0.25) is 10.1 Å². The minimum atomic E-state index is -0.387. The molecule has 0 N–H and O–H groups in total. The average Bonchev–Trinajstić information content (AvgIpc) is 2.65. The molecule has 0 saturated carbocycles. The number of non-ortho nitro benzene ring substituents is 1. The normalized spacial score (nSPS) is 10.7. The molecule has 1 heterocycles. The van der Waals surface area contributed by atoms with E-state index in [1.54, 1.807) is 12.1 Å². The summed E-state index contributed by atoms with van der Waals surface area (Å²) in [6.45, 7) is 5.97. The Kier molecular flexibility index (Phi) is 3.71. The minimum absolute atomic E-state index is 0.0939. The van der Waals surface area contributed by atoms with E-state index in [2.05, 4.69) is 21.0 Å². The van der Waals surface area contributed by atoms with Crippen molar-refractivity contribution < 1.29 is 4.92 Å². The molecule has 0 amide bonds. The smallest absolute Gasteiger partial charge is 0.258 e. The van der Waals surface area contributed by atoms with Crippen molar-refractivity contribution in [3.63, 3.8) is 0 Å². The maximum absolute atomic E-state index is 10.8. The third-order valence-electron chi connectivity index (χ3n) is 3.30. The number of aromatic nitrogens is 2. The van der Waals surface area contributed by atoms with E-state index in [9.17, 15) is 10.1 Å². The SMILES string of the molecule is Cc1nn(-c2ccc([N+](=O)[O-])cc2CBr)c(C)c1C. The summed E-state index contributed by atoms with van der Waals surface area (Å²) in [6.07, 6.45) is 0. The van der Waals surface area contributed by atoms with E-state index in [4.69, 9.17) is 0 Å². The van der Waals surface area contributed by atoms with Crippen LogP contribution in [-0.2, 0) is 5.33 Å². The topological polar surface area (TPSA) is 61.0 Å². The van der Waals surface area contributed by atoms with Crippen molar-refractivity contribution in [1.82, 2.24) is 9.78 Å². The molecular weight excluding hydrogens is 310 g/mol. The lowest BCUT2D eigenvalue weighted by molar-refractivity contribution is -0.384. The number of halogens is 1. The zero-order chi connectivity index (χ0) is 14.2. The van der Waals surface area contributed by atoms with Crippen LogP contribution in [0.4, 0.5) is 5.69 Å². The standard InChI is InChI=1S/C13H14BrN3O2/c1-8-9(2)15-16(10(8)3)13-5-4-12(17(18)19)6-11(13)7-14/h4-6H,7H2,1-3H3. The van der Waals surface area contributed by atoms with Gasteiger partial charge in [-0.15, -0.1) is 0 Å². The minimum Gasteiger partial charge on any atom is -0.258 e. The van der Waals surface area contributed by atoms with Crippen molar-refractivity contribution >= 4 is 21.6 Å². The van der Waals surface area contributed by atoms with Gasteiger partial charge < -0.3 is 0 Å². The van der Waals surface area contributed by atoms with Gasteiger partial charge in [0.1, 0.15) is 0 Å². The van der Waals surface area contributed by atoms with E-state index in [-0.39, 0.29) is 10.6 Å². The molecule has 0 aliphatic heterocycles. The first kappa shape index (κ1) is 13.7. The molecule has 0 unspecified atom stereocenters. The molecule has 1 aromatic carbocycles. The highest BCUT2D eigenvalue weighted by Gasteiger charge is 2.15. The van der Waals surface area contributed by atoms with Crippen LogP contribution >= 0.6 is 15.9 Å². The quantitative estimate of drug-likeness (QED) is 0.492. The fraction of sp³-hybridized carbons (Fsp3) is 0.308. The molecule has 0 spiro atoms. The Balaban J connectivity index is 2.62. The summed E-state index contributed by atoms with van der Waals surface area (Å²) >= 11 is 3.38. The van der Waals surface area contributed by atoms with E-state index < -0.39 is 0 Å². The number of hydrogen-bond acceptors (Lipinski definition) is 3. The van der Waals surface area contributed by atoms with Crippen LogP contribution in [0, 0.1) is 30.9 Å². The highest BCUT2D eigenvalue weighted by atomic mass is 79.9. The largest absolute Gasteiger partial charge is 0.269 e. The van der Waals surface area contributed by atoms with Crippen molar-refractivity contribution in [2.45, 2.75) is 26.1 Å². The molecule has 0 bridgehead atoms. The van der Waals surface area contributed by atoms with Gasteiger partial charge in [0.15, 0.2) is 0 Å². The maximum Gasteiger partial charge on any atom is 0.269 e. The monoisotopic (exact) mass is 323 g/mol. The number of nitrogens with zero attached hydrogens (tertiary/aromatic N) is 3. The van der Waals surface area contributed by atoms with Gasteiger partial charge in [0.2, 0.25) is 0 Å². The number of nitro benzene ring substituents is 1. The van der Waals surface area contributed by atoms with Gasteiger partial charge in [0.05, 0.1) is 16.3 Å². The molecular formula is C13H14BrN3O2. The number of alkyl halides is 1.